The van der Waals surface area contributed by atoms with Crippen molar-refractivity contribution in [3.05, 3.63) is 92.7 Å². The first-order valence-corrected chi connectivity index (χ1v) is 13.9. The molecule has 1 saturated heterocycles. The summed E-state index contributed by atoms with van der Waals surface area (Å²) in [5.74, 6) is -0.565. The highest BCUT2D eigenvalue weighted by Crippen LogP contribution is 2.33. The molecule has 3 heterocycles. The molecule has 3 aromatic rings. The molecule has 11 heteroatoms. The smallest absolute Gasteiger partial charge is 0.416 e. The van der Waals surface area contributed by atoms with Crippen LogP contribution in [0.3, 0.4) is 0 Å². The Kier molecular flexibility index (Phi) is 8.56. The molecule has 2 aliphatic rings. The van der Waals surface area contributed by atoms with E-state index in [1.165, 1.54) is 11.6 Å². The molecule has 2 aliphatic heterocycles. The average Bonchev–Trinajstić information content (AvgIpc) is 2.93. The normalized spacial score (nSPS) is 18.5. The SMILES string of the molecule is O=C(c1cc(Cl)cc(C(F)(F)F)c1)N1CCN(CCN2CCc3ncccc3C2)C[C@H]1Cc1ccc(Cl)c(O)c1. The van der Waals surface area contributed by atoms with Crippen molar-refractivity contribution in [2.24, 2.45) is 0 Å². The number of amides is 1. The standard InChI is InChI=1S/C29H29Cl2F3N4O2/c30-23-15-21(14-22(16-23)29(32,33)34)28(40)38-11-10-37(18-24(38)12-19-3-4-25(31)27(39)13-19)9-8-36-7-5-26-20(17-36)2-1-6-35-26/h1-4,6,13-16,24,39H,5,7-12,17-18H2/t24-/m1/s1. The van der Waals surface area contributed by atoms with E-state index >= 15 is 0 Å². The highest BCUT2D eigenvalue weighted by molar-refractivity contribution is 6.32. The van der Waals surface area contributed by atoms with E-state index in [1.54, 1.807) is 23.1 Å². The van der Waals surface area contributed by atoms with E-state index in [0.29, 0.717) is 26.1 Å². The zero-order valence-corrected chi connectivity index (χ0v) is 23.2. The summed E-state index contributed by atoms with van der Waals surface area (Å²) in [6, 6.07) is 11.6. The Labute approximate surface area is 240 Å². The van der Waals surface area contributed by atoms with Gasteiger partial charge in [0.25, 0.3) is 5.91 Å². The summed E-state index contributed by atoms with van der Waals surface area (Å²) >= 11 is 12.0. The Hall–Kier alpha value is -2.85. The fourth-order valence-corrected chi connectivity index (χ4v) is 5.82. The molecule has 0 bridgehead atoms. The Bertz CT molecular complexity index is 1390. The summed E-state index contributed by atoms with van der Waals surface area (Å²) in [6.07, 6.45) is -1.49. The first-order valence-electron chi connectivity index (χ1n) is 13.1. The van der Waals surface area contributed by atoms with Crippen LogP contribution in [0.15, 0.2) is 54.7 Å². The largest absolute Gasteiger partial charge is 0.506 e. The Morgan fingerprint density at radius 1 is 1.02 bits per heavy atom. The van der Waals surface area contributed by atoms with Crippen LogP contribution in [-0.4, -0.2) is 76.0 Å². The number of hydrogen-bond donors (Lipinski definition) is 1. The van der Waals surface area contributed by atoms with Crippen LogP contribution >= 0.6 is 23.2 Å². The molecule has 5 rings (SSSR count). The van der Waals surface area contributed by atoms with E-state index in [2.05, 4.69) is 20.9 Å². The third kappa shape index (κ3) is 6.71. The van der Waals surface area contributed by atoms with E-state index in [4.69, 9.17) is 23.2 Å². The van der Waals surface area contributed by atoms with Gasteiger partial charge in [0.1, 0.15) is 5.75 Å². The van der Waals surface area contributed by atoms with Crippen molar-refractivity contribution < 1.29 is 23.1 Å². The first-order chi connectivity index (χ1) is 19.1. The second-order valence-electron chi connectivity index (χ2n) is 10.3. The van der Waals surface area contributed by atoms with Gasteiger partial charge in [0.15, 0.2) is 0 Å². The number of halogens is 5. The van der Waals surface area contributed by atoms with Gasteiger partial charge in [-0.3, -0.25) is 19.6 Å². The third-order valence-corrected chi connectivity index (χ3v) is 8.10. The Balaban J connectivity index is 1.32. The van der Waals surface area contributed by atoms with Crippen molar-refractivity contribution in [1.29, 1.82) is 0 Å². The lowest BCUT2D eigenvalue weighted by atomic mass is 10.00. The van der Waals surface area contributed by atoms with Crippen molar-refractivity contribution in [1.82, 2.24) is 19.7 Å². The van der Waals surface area contributed by atoms with E-state index in [1.807, 2.05) is 12.3 Å². The zero-order valence-electron chi connectivity index (χ0n) is 21.7. The van der Waals surface area contributed by atoms with Crippen LogP contribution in [-0.2, 0) is 25.6 Å². The molecule has 1 amide bonds. The minimum Gasteiger partial charge on any atom is -0.506 e. The van der Waals surface area contributed by atoms with E-state index < -0.39 is 17.6 Å². The third-order valence-electron chi connectivity index (χ3n) is 7.56. The Morgan fingerprint density at radius 2 is 1.82 bits per heavy atom. The average molecular weight is 593 g/mol. The van der Waals surface area contributed by atoms with Gasteiger partial charge in [0.2, 0.25) is 0 Å². The van der Waals surface area contributed by atoms with Crippen LogP contribution in [0, 0.1) is 0 Å². The van der Waals surface area contributed by atoms with Gasteiger partial charge >= 0.3 is 6.18 Å². The first kappa shape index (κ1) is 28.7. The zero-order chi connectivity index (χ0) is 28.4. The van der Waals surface area contributed by atoms with Gasteiger partial charge in [-0.15, -0.1) is 0 Å². The predicted molar refractivity (Wildman–Crippen MR) is 148 cm³/mol. The van der Waals surface area contributed by atoms with Crippen LogP contribution in [0.1, 0.15) is 32.7 Å². The van der Waals surface area contributed by atoms with Crippen LogP contribution in [0.2, 0.25) is 10.0 Å². The molecular formula is C29H29Cl2F3N4O2. The summed E-state index contributed by atoms with van der Waals surface area (Å²) in [7, 11) is 0. The Morgan fingerprint density at radius 3 is 2.60 bits per heavy atom. The number of phenolic OH excluding ortho intramolecular Hbond substituents is 1. The van der Waals surface area contributed by atoms with Crippen molar-refractivity contribution >= 4 is 29.1 Å². The van der Waals surface area contributed by atoms with Gasteiger partial charge in [0, 0.05) is 80.8 Å². The number of rotatable bonds is 6. The maximum Gasteiger partial charge on any atom is 0.416 e. The fraction of sp³-hybridized carbons (Fsp3) is 0.379. The predicted octanol–water partition coefficient (Wildman–Crippen LogP) is 5.54. The number of carbonyl (C=O) groups excluding carboxylic acids is 1. The second kappa shape index (κ2) is 11.9. The topological polar surface area (TPSA) is 59.9 Å². The molecule has 0 spiro atoms. The monoisotopic (exact) mass is 592 g/mol. The summed E-state index contributed by atoms with van der Waals surface area (Å²) in [5.41, 5.74) is 2.10. The highest BCUT2D eigenvalue weighted by atomic mass is 35.5. The van der Waals surface area contributed by atoms with Crippen LogP contribution in [0.25, 0.3) is 0 Å². The van der Waals surface area contributed by atoms with Gasteiger partial charge in [-0.25, -0.2) is 0 Å². The maximum absolute atomic E-state index is 13.6. The molecule has 212 valence electrons. The summed E-state index contributed by atoms with van der Waals surface area (Å²) in [4.78, 5) is 24.3. The van der Waals surface area contributed by atoms with Gasteiger partial charge in [-0.1, -0.05) is 35.3 Å². The summed E-state index contributed by atoms with van der Waals surface area (Å²) in [5, 5.41) is 10.2. The van der Waals surface area contributed by atoms with Crippen molar-refractivity contribution in [3.63, 3.8) is 0 Å². The molecular weight excluding hydrogens is 564 g/mol. The number of nitrogens with zero attached hydrogens (tertiary/aromatic N) is 4. The molecule has 1 N–H and O–H groups in total. The molecule has 0 aliphatic carbocycles. The minimum atomic E-state index is -4.62. The lowest BCUT2D eigenvalue weighted by Crippen LogP contribution is -2.57. The lowest BCUT2D eigenvalue weighted by Gasteiger charge is -2.42. The minimum absolute atomic E-state index is 0.0609. The van der Waals surface area contributed by atoms with Crippen molar-refractivity contribution in [2.75, 3.05) is 39.3 Å². The number of fused-ring (bicyclic) bond motifs is 1. The number of aromatic nitrogens is 1. The number of alkyl halides is 3. The van der Waals surface area contributed by atoms with Crippen LogP contribution < -0.4 is 0 Å². The van der Waals surface area contributed by atoms with Gasteiger partial charge in [0.05, 0.1) is 10.6 Å². The van der Waals surface area contributed by atoms with Gasteiger partial charge < -0.3 is 10.0 Å². The molecule has 1 fully saturated rings. The molecule has 40 heavy (non-hydrogen) atoms. The van der Waals surface area contributed by atoms with Crippen molar-refractivity contribution in [2.45, 2.75) is 31.6 Å². The number of aromatic hydroxyl groups is 1. The molecule has 1 aromatic heterocycles. The number of benzene rings is 2. The number of piperazine rings is 1. The molecule has 2 aromatic carbocycles. The molecule has 0 radical (unpaired) electrons. The summed E-state index contributed by atoms with van der Waals surface area (Å²) in [6.45, 7) is 4.87. The molecule has 0 saturated carbocycles. The molecule has 0 unspecified atom stereocenters. The maximum atomic E-state index is 13.6. The highest BCUT2D eigenvalue weighted by Gasteiger charge is 2.35. The van der Waals surface area contributed by atoms with Gasteiger partial charge in [-0.05, 0) is 53.9 Å². The van der Waals surface area contributed by atoms with E-state index in [0.717, 1.165) is 56.0 Å². The second-order valence-corrected chi connectivity index (χ2v) is 11.1. The van der Waals surface area contributed by atoms with E-state index in [-0.39, 0.29) is 27.4 Å². The summed E-state index contributed by atoms with van der Waals surface area (Å²) < 4.78 is 40.3. The molecule has 6 nitrogen and oxygen atoms in total. The van der Waals surface area contributed by atoms with Gasteiger partial charge in [-0.2, -0.15) is 13.2 Å². The number of hydrogen-bond acceptors (Lipinski definition) is 5. The van der Waals surface area contributed by atoms with E-state index in [9.17, 15) is 23.1 Å². The molecule has 1 atom stereocenters. The quantitative estimate of drug-likeness (QED) is 0.407. The lowest BCUT2D eigenvalue weighted by molar-refractivity contribution is -0.137. The number of carbonyl (C=O) groups is 1. The van der Waals surface area contributed by atoms with Crippen LogP contribution in [0.4, 0.5) is 13.2 Å². The number of phenols is 1. The number of pyridine rings is 1. The fourth-order valence-electron chi connectivity index (χ4n) is 5.46. The van der Waals surface area contributed by atoms with Crippen LogP contribution in [0.5, 0.6) is 5.75 Å². The van der Waals surface area contributed by atoms with Crippen molar-refractivity contribution in [3.8, 4) is 5.75 Å².